The van der Waals surface area contributed by atoms with Crippen LogP contribution < -0.4 is 5.32 Å². The number of alkyl halides is 3. The molecule has 2 aliphatic heterocycles. The monoisotopic (exact) mass is 329 g/mol. The largest absolute Gasteiger partial charge is 0.433 e. The molecule has 1 aromatic rings. The third-order valence-electron chi connectivity index (χ3n) is 4.41. The lowest BCUT2D eigenvalue weighted by molar-refractivity contribution is -0.150. The van der Waals surface area contributed by atoms with Crippen LogP contribution >= 0.6 is 0 Å². The molecule has 1 spiro atoms. The van der Waals surface area contributed by atoms with E-state index in [1.54, 1.807) is 0 Å². The Kier molecular flexibility index (Phi) is 4.29. The minimum Gasteiger partial charge on any atom is -0.363 e. The Morgan fingerprint density at radius 1 is 1.30 bits per heavy atom. The molecule has 0 bridgehead atoms. The second kappa shape index (κ2) is 6.09. The number of nitrogens with one attached hydrogen (secondary N) is 1. The second-order valence-electron chi connectivity index (χ2n) is 6.07. The third kappa shape index (κ3) is 3.81. The normalized spacial score (nSPS) is 22.1. The zero-order valence-corrected chi connectivity index (χ0v) is 12.5. The maximum atomic E-state index is 12.5. The number of carbonyl (C=O) groups excluding carboxylic acids is 1. The number of likely N-dealkylation sites (tertiary alicyclic amines) is 1. The van der Waals surface area contributed by atoms with Gasteiger partial charge in [0.05, 0.1) is 5.60 Å². The summed E-state index contributed by atoms with van der Waals surface area (Å²) in [6, 6.07) is 2.48. The molecule has 0 atom stereocenters. The van der Waals surface area contributed by atoms with Crippen LogP contribution in [0, 0.1) is 0 Å². The zero-order valence-electron chi connectivity index (χ0n) is 12.5. The number of pyridine rings is 1. The predicted octanol–water partition coefficient (Wildman–Crippen LogP) is 1.58. The van der Waals surface area contributed by atoms with E-state index < -0.39 is 11.9 Å². The summed E-state index contributed by atoms with van der Waals surface area (Å²) < 4.78 is 43.2. The molecule has 0 radical (unpaired) electrons. The van der Waals surface area contributed by atoms with E-state index in [1.807, 2.05) is 0 Å². The number of hydrogen-bond acceptors (Lipinski definition) is 4. The molecule has 1 aromatic heterocycles. The van der Waals surface area contributed by atoms with Crippen LogP contribution in [-0.2, 0) is 22.3 Å². The van der Waals surface area contributed by atoms with Crippen molar-refractivity contribution < 1.29 is 22.7 Å². The van der Waals surface area contributed by atoms with Crippen LogP contribution in [0.1, 0.15) is 24.1 Å². The standard InChI is InChI=1S/C15H18F3N3O2/c16-15(17,18)12-2-1-11(7-19-12)8-21-5-3-14(4-6-21)10-20-13(22)9-23-14/h1-2,7H,3-6,8-10H2,(H,20,22). The Bertz CT molecular complexity index is 554. The van der Waals surface area contributed by atoms with E-state index in [9.17, 15) is 18.0 Å². The molecule has 8 heteroatoms. The number of aromatic nitrogens is 1. The number of ether oxygens (including phenoxy) is 1. The predicted molar refractivity (Wildman–Crippen MR) is 75.4 cm³/mol. The highest BCUT2D eigenvalue weighted by molar-refractivity contribution is 5.78. The Labute approximate surface area is 131 Å². The fraction of sp³-hybridized carbons (Fsp3) is 0.600. The minimum absolute atomic E-state index is 0.0890. The number of rotatable bonds is 2. The first-order valence-corrected chi connectivity index (χ1v) is 7.52. The van der Waals surface area contributed by atoms with Crippen LogP contribution in [-0.4, -0.2) is 47.6 Å². The minimum atomic E-state index is -4.40. The summed E-state index contributed by atoms with van der Waals surface area (Å²) in [5, 5.41) is 2.83. The van der Waals surface area contributed by atoms with Gasteiger partial charge in [-0.1, -0.05) is 6.07 Å². The topological polar surface area (TPSA) is 54.5 Å². The maximum Gasteiger partial charge on any atom is 0.433 e. The van der Waals surface area contributed by atoms with E-state index in [-0.39, 0.29) is 18.1 Å². The Balaban J connectivity index is 1.54. The molecule has 5 nitrogen and oxygen atoms in total. The van der Waals surface area contributed by atoms with Gasteiger partial charge in [-0.15, -0.1) is 0 Å². The average molecular weight is 329 g/mol. The number of hydrogen-bond donors (Lipinski definition) is 1. The van der Waals surface area contributed by atoms with Crippen molar-refractivity contribution in [1.82, 2.24) is 15.2 Å². The molecule has 2 saturated heterocycles. The van der Waals surface area contributed by atoms with Crippen molar-refractivity contribution in [1.29, 1.82) is 0 Å². The van der Waals surface area contributed by atoms with Gasteiger partial charge in [-0.25, -0.2) is 0 Å². The van der Waals surface area contributed by atoms with Crippen LogP contribution in [0.25, 0.3) is 0 Å². The fourth-order valence-electron chi connectivity index (χ4n) is 2.96. The van der Waals surface area contributed by atoms with Crippen LogP contribution in [0.2, 0.25) is 0 Å². The number of nitrogens with zero attached hydrogens (tertiary/aromatic N) is 2. The molecule has 126 valence electrons. The lowest BCUT2D eigenvalue weighted by Crippen LogP contribution is -2.57. The maximum absolute atomic E-state index is 12.5. The summed E-state index contributed by atoms with van der Waals surface area (Å²) >= 11 is 0. The van der Waals surface area contributed by atoms with Crippen molar-refractivity contribution >= 4 is 5.91 Å². The highest BCUT2D eigenvalue weighted by atomic mass is 19.4. The molecule has 2 fully saturated rings. The molecule has 0 aromatic carbocycles. The van der Waals surface area contributed by atoms with Crippen molar-refractivity contribution in [3.8, 4) is 0 Å². The molecule has 3 heterocycles. The molecule has 0 saturated carbocycles. The molecular formula is C15H18F3N3O2. The summed E-state index contributed by atoms with van der Waals surface area (Å²) in [4.78, 5) is 16.8. The Hall–Kier alpha value is -1.67. The van der Waals surface area contributed by atoms with Crippen molar-refractivity contribution in [2.45, 2.75) is 31.2 Å². The highest BCUT2D eigenvalue weighted by Crippen LogP contribution is 2.29. The van der Waals surface area contributed by atoms with Crippen LogP contribution in [0.3, 0.4) is 0 Å². The van der Waals surface area contributed by atoms with Crippen molar-refractivity contribution in [3.05, 3.63) is 29.6 Å². The second-order valence-corrected chi connectivity index (χ2v) is 6.07. The first-order chi connectivity index (χ1) is 10.9. The number of morpholine rings is 1. The van der Waals surface area contributed by atoms with Crippen LogP contribution in [0.5, 0.6) is 0 Å². The van der Waals surface area contributed by atoms with E-state index >= 15 is 0 Å². The van der Waals surface area contributed by atoms with Gasteiger partial charge >= 0.3 is 6.18 Å². The van der Waals surface area contributed by atoms with E-state index in [4.69, 9.17) is 4.74 Å². The molecule has 1 N–H and O–H groups in total. The summed E-state index contributed by atoms with van der Waals surface area (Å²) in [5.74, 6) is -0.0890. The Morgan fingerprint density at radius 2 is 2.04 bits per heavy atom. The van der Waals surface area contributed by atoms with Gasteiger partial charge in [-0.3, -0.25) is 14.7 Å². The van der Waals surface area contributed by atoms with Crippen LogP contribution in [0.15, 0.2) is 18.3 Å². The molecule has 1 amide bonds. The summed E-state index contributed by atoms with van der Waals surface area (Å²) in [7, 11) is 0. The first-order valence-electron chi connectivity index (χ1n) is 7.52. The zero-order chi connectivity index (χ0) is 16.5. The lowest BCUT2D eigenvalue weighted by atomic mass is 9.90. The first kappa shape index (κ1) is 16.2. The van der Waals surface area contributed by atoms with Gasteiger partial charge in [0, 0.05) is 32.4 Å². The summed E-state index contributed by atoms with van der Waals surface area (Å²) in [6.07, 6.45) is -1.54. The van der Waals surface area contributed by atoms with Crippen molar-refractivity contribution in [2.75, 3.05) is 26.2 Å². The van der Waals surface area contributed by atoms with Gasteiger partial charge in [0.15, 0.2) is 0 Å². The van der Waals surface area contributed by atoms with Gasteiger partial charge in [-0.2, -0.15) is 13.2 Å². The molecule has 3 rings (SSSR count). The van der Waals surface area contributed by atoms with E-state index in [0.29, 0.717) is 13.1 Å². The molecule has 0 aliphatic carbocycles. The molecule has 23 heavy (non-hydrogen) atoms. The molecule has 2 aliphatic rings. The smallest absolute Gasteiger partial charge is 0.363 e. The summed E-state index contributed by atoms with van der Waals surface area (Å²) in [5.41, 5.74) is -0.403. The van der Waals surface area contributed by atoms with Gasteiger partial charge in [-0.05, 0) is 24.5 Å². The molecular weight excluding hydrogens is 311 g/mol. The molecule has 0 unspecified atom stereocenters. The van der Waals surface area contributed by atoms with Gasteiger partial charge < -0.3 is 10.1 Å². The highest BCUT2D eigenvalue weighted by Gasteiger charge is 2.39. The van der Waals surface area contributed by atoms with Gasteiger partial charge in [0.2, 0.25) is 5.91 Å². The number of amides is 1. The van der Waals surface area contributed by atoms with E-state index in [1.165, 1.54) is 12.3 Å². The third-order valence-corrected chi connectivity index (χ3v) is 4.41. The van der Waals surface area contributed by atoms with Gasteiger partial charge in [0.25, 0.3) is 0 Å². The lowest BCUT2D eigenvalue weighted by Gasteiger charge is -2.43. The SMILES string of the molecule is O=C1COC2(CCN(Cc3ccc(C(F)(F)F)nc3)CC2)CN1. The van der Waals surface area contributed by atoms with Gasteiger partial charge in [0.1, 0.15) is 12.3 Å². The van der Waals surface area contributed by atoms with Crippen molar-refractivity contribution in [3.63, 3.8) is 0 Å². The summed E-state index contributed by atoms with van der Waals surface area (Å²) in [6.45, 7) is 2.74. The fourth-order valence-corrected chi connectivity index (χ4v) is 2.96. The quantitative estimate of drug-likeness (QED) is 0.895. The number of halogens is 3. The van der Waals surface area contributed by atoms with Crippen LogP contribution in [0.4, 0.5) is 13.2 Å². The van der Waals surface area contributed by atoms with Crippen molar-refractivity contribution in [2.24, 2.45) is 0 Å². The average Bonchev–Trinajstić information content (AvgIpc) is 2.52. The van der Waals surface area contributed by atoms with E-state index in [2.05, 4.69) is 15.2 Å². The van der Waals surface area contributed by atoms with E-state index in [0.717, 1.165) is 37.6 Å². The number of piperidine rings is 1. The Morgan fingerprint density at radius 3 is 2.57 bits per heavy atom. The number of carbonyl (C=O) groups is 1.